The number of amides is 1. The van der Waals surface area contributed by atoms with Gasteiger partial charge in [0.25, 0.3) is 6.43 Å². The van der Waals surface area contributed by atoms with Gasteiger partial charge in [0, 0.05) is 18.0 Å². The van der Waals surface area contributed by atoms with Crippen molar-refractivity contribution >= 4 is 5.91 Å². The van der Waals surface area contributed by atoms with Crippen LogP contribution in [0.15, 0.2) is 12.3 Å². The van der Waals surface area contributed by atoms with Crippen LogP contribution in [0.3, 0.4) is 0 Å². The summed E-state index contributed by atoms with van der Waals surface area (Å²) in [6, 6.07) is 1.16. The summed E-state index contributed by atoms with van der Waals surface area (Å²) in [5.41, 5.74) is 4.77. The maximum absolute atomic E-state index is 12.3. The lowest BCUT2D eigenvalue weighted by atomic mass is 10.3. The molecule has 80 valence electrons. The minimum atomic E-state index is -2.61. The predicted octanol–water partition coefficient (Wildman–Crippen LogP) is 1.00. The number of nitrogens with two attached hydrogens (primary N) is 1. The Kier molecular flexibility index (Phi) is 2.34. The maximum atomic E-state index is 12.3. The molecular weight excluding hydrogens is 204 g/mol. The van der Waals surface area contributed by atoms with Gasteiger partial charge in [-0.25, -0.2) is 18.7 Å². The second kappa shape index (κ2) is 3.52. The van der Waals surface area contributed by atoms with Crippen molar-refractivity contribution in [2.45, 2.75) is 18.8 Å². The number of carbonyl (C=O) groups is 1. The Labute approximate surface area is 84.5 Å². The molecule has 15 heavy (non-hydrogen) atoms. The first-order valence-corrected chi connectivity index (χ1v) is 4.50. The van der Waals surface area contributed by atoms with Gasteiger partial charge in [0.05, 0.1) is 0 Å². The van der Waals surface area contributed by atoms with Crippen LogP contribution in [0.5, 0.6) is 0 Å². The zero-order chi connectivity index (χ0) is 11.0. The molecule has 1 saturated carbocycles. The Hall–Kier alpha value is -1.59. The molecule has 0 saturated heterocycles. The van der Waals surface area contributed by atoms with E-state index in [9.17, 15) is 13.6 Å². The Morgan fingerprint density at radius 2 is 2.33 bits per heavy atom. The van der Waals surface area contributed by atoms with Crippen LogP contribution in [-0.2, 0) is 4.79 Å². The van der Waals surface area contributed by atoms with Crippen LogP contribution in [0.2, 0.25) is 0 Å². The SMILES string of the molecule is NC(=O)[C@H]1C[C@@H]1c1nccc(C(F)F)n1. The van der Waals surface area contributed by atoms with Crippen molar-refractivity contribution in [2.24, 2.45) is 11.7 Å². The molecule has 1 amide bonds. The molecule has 1 fully saturated rings. The third-order valence-electron chi connectivity index (χ3n) is 2.41. The monoisotopic (exact) mass is 213 g/mol. The molecule has 1 aromatic heterocycles. The molecule has 0 aromatic carbocycles. The molecule has 0 spiro atoms. The van der Waals surface area contributed by atoms with E-state index in [1.165, 1.54) is 6.20 Å². The first-order valence-electron chi connectivity index (χ1n) is 4.50. The highest BCUT2D eigenvalue weighted by atomic mass is 19.3. The Balaban J connectivity index is 2.17. The predicted molar refractivity (Wildman–Crippen MR) is 47.0 cm³/mol. The summed E-state index contributed by atoms with van der Waals surface area (Å²) in [5, 5.41) is 0. The zero-order valence-corrected chi connectivity index (χ0v) is 7.73. The van der Waals surface area contributed by atoms with Crippen LogP contribution in [-0.4, -0.2) is 15.9 Å². The van der Waals surface area contributed by atoms with Gasteiger partial charge < -0.3 is 5.73 Å². The van der Waals surface area contributed by atoms with Gasteiger partial charge in [0.1, 0.15) is 11.5 Å². The van der Waals surface area contributed by atoms with Gasteiger partial charge in [0.15, 0.2) is 0 Å². The van der Waals surface area contributed by atoms with Crippen LogP contribution in [0.1, 0.15) is 30.3 Å². The van der Waals surface area contributed by atoms with Crippen LogP contribution in [0.25, 0.3) is 0 Å². The number of rotatable bonds is 3. The van der Waals surface area contributed by atoms with Crippen molar-refractivity contribution in [1.29, 1.82) is 0 Å². The number of carbonyl (C=O) groups excluding carboxylic acids is 1. The quantitative estimate of drug-likeness (QED) is 0.814. The lowest BCUT2D eigenvalue weighted by molar-refractivity contribution is -0.119. The van der Waals surface area contributed by atoms with E-state index in [-0.39, 0.29) is 23.4 Å². The third kappa shape index (κ3) is 1.93. The molecule has 0 unspecified atom stereocenters. The molecular formula is C9H9F2N3O. The van der Waals surface area contributed by atoms with E-state index in [1.807, 2.05) is 0 Å². The third-order valence-corrected chi connectivity index (χ3v) is 2.41. The number of alkyl halides is 2. The van der Waals surface area contributed by atoms with Gasteiger partial charge in [-0.1, -0.05) is 0 Å². The Morgan fingerprint density at radius 3 is 2.87 bits per heavy atom. The minimum Gasteiger partial charge on any atom is -0.369 e. The molecule has 1 aliphatic rings. The van der Waals surface area contributed by atoms with Crippen molar-refractivity contribution in [2.75, 3.05) is 0 Å². The van der Waals surface area contributed by atoms with Crippen molar-refractivity contribution in [1.82, 2.24) is 9.97 Å². The second-order valence-electron chi connectivity index (χ2n) is 3.49. The summed E-state index contributed by atoms with van der Waals surface area (Å²) in [7, 11) is 0. The summed E-state index contributed by atoms with van der Waals surface area (Å²) >= 11 is 0. The fourth-order valence-electron chi connectivity index (χ4n) is 1.48. The van der Waals surface area contributed by atoms with E-state index < -0.39 is 12.3 Å². The van der Waals surface area contributed by atoms with Gasteiger partial charge in [0.2, 0.25) is 5.91 Å². The standard InChI is InChI=1S/C9H9F2N3O/c10-7(11)6-1-2-13-9(14-6)5-3-4(5)8(12)15/h1-2,4-5,7H,3H2,(H2,12,15)/t4-,5-/m0/s1. The summed E-state index contributed by atoms with van der Waals surface area (Å²) in [6.45, 7) is 0. The van der Waals surface area contributed by atoms with Gasteiger partial charge in [-0.15, -0.1) is 0 Å². The van der Waals surface area contributed by atoms with Gasteiger partial charge in [-0.05, 0) is 12.5 Å². The topological polar surface area (TPSA) is 68.9 Å². The normalized spacial score (nSPS) is 24.2. The number of hydrogen-bond donors (Lipinski definition) is 1. The van der Waals surface area contributed by atoms with E-state index >= 15 is 0 Å². The van der Waals surface area contributed by atoms with E-state index in [4.69, 9.17) is 5.73 Å². The molecule has 1 aliphatic carbocycles. The molecule has 0 aliphatic heterocycles. The van der Waals surface area contributed by atoms with Gasteiger partial charge in [-0.3, -0.25) is 4.79 Å². The fraction of sp³-hybridized carbons (Fsp3) is 0.444. The molecule has 2 N–H and O–H groups in total. The van der Waals surface area contributed by atoms with E-state index in [0.717, 1.165) is 6.07 Å². The first kappa shape index (κ1) is 9.95. The van der Waals surface area contributed by atoms with Gasteiger partial charge >= 0.3 is 0 Å². The number of nitrogens with zero attached hydrogens (tertiary/aromatic N) is 2. The van der Waals surface area contributed by atoms with Crippen LogP contribution >= 0.6 is 0 Å². The van der Waals surface area contributed by atoms with Crippen LogP contribution < -0.4 is 5.73 Å². The molecule has 2 atom stereocenters. The number of halogens is 2. The van der Waals surface area contributed by atoms with Crippen molar-refractivity contribution in [3.8, 4) is 0 Å². The van der Waals surface area contributed by atoms with E-state index in [0.29, 0.717) is 6.42 Å². The highest BCUT2D eigenvalue weighted by Crippen LogP contribution is 2.45. The van der Waals surface area contributed by atoms with Crippen LogP contribution in [0.4, 0.5) is 8.78 Å². The Bertz CT molecular complexity index is 397. The zero-order valence-electron chi connectivity index (χ0n) is 7.73. The molecule has 6 heteroatoms. The summed E-state index contributed by atoms with van der Waals surface area (Å²) in [5.74, 6) is -0.609. The molecule has 1 heterocycles. The lowest BCUT2D eigenvalue weighted by Crippen LogP contribution is -2.14. The average Bonchev–Trinajstić information content (AvgIpc) is 2.97. The van der Waals surface area contributed by atoms with Crippen molar-refractivity contribution in [3.63, 3.8) is 0 Å². The van der Waals surface area contributed by atoms with E-state index in [1.54, 1.807) is 0 Å². The van der Waals surface area contributed by atoms with Crippen LogP contribution in [0, 0.1) is 5.92 Å². The molecule has 4 nitrogen and oxygen atoms in total. The molecule has 1 aromatic rings. The van der Waals surface area contributed by atoms with Gasteiger partial charge in [-0.2, -0.15) is 0 Å². The highest BCUT2D eigenvalue weighted by molar-refractivity contribution is 5.80. The number of primary amides is 1. The number of hydrogen-bond acceptors (Lipinski definition) is 3. The van der Waals surface area contributed by atoms with E-state index in [2.05, 4.69) is 9.97 Å². The first-order chi connectivity index (χ1) is 7.09. The minimum absolute atomic E-state index is 0.179. The summed E-state index contributed by atoms with van der Waals surface area (Å²) in [4.78, 5) is 18.3. The average molecular weight is 213 g/mol. The second-order valence-corrected chi connectivity index (χ2v) is 3.49. The molecule has 2 rings (SSSR count). The lowest BCUT2D eigenvalue weighted by Gasteiger charge is -2.01. The largest absolute Gasteiger partial charge is 0.369 e. The molecule has 0 radical (unpaired) electrons. The summed E-state index contributed by atoms with van der Waals surface area (Å²) in [6.07, 6.45) is -0.778. The van der Waals surface area contributed by atoms with Crippen molar-refractivity contribution in [3.05, 3.63) is 23.8 Å². The number of aromatic nitrogens is 2. The smallest absolute Gasteiger partial charge is 0.280 e. The van der Waals surface area contributed by atoms with Crippen molar-refractivity contribution < 1.29 is 13.6 Å². The fourth-order valence-corrected chi connectivity index (χ4v) is 1.48. The summed E-state index contributed by atoms with van der Waals surface area (Å²) < 4.78 is 24.6. The Morgan fingerprint density at radius 1 is 1.60 bits per heavy atom. The maximum Gasteiger partial charge on any atom is 0.280 e. The molecule has 0 bridgehead atoms. The highest BCUT2D eigenvalue weighted by Gasteiger charge is 2.45.